The molecule has 2 rings (SSSR count). The SMILES string of the molecule is CC1(C)CC(=NO)[C@H]([C@@H](O)c2ccccc2)C(C)(C)N1. The third kappa shape index (κ3) is 2.86. The predicted octanol–water partition coefficient (Wildman–Crippen LogP) is 2.72. The van der Waals surface area contributed by atoms with Crippen LogP contribution in [0, 0.1) is 5.92 Å². The Bertz CT molecular complexity index is 494. The van der Waals surface area contributed by atoms with E-state index in [1.807, 2.05) is 44.2 Å². The van der Waals surface area contributed by atoms with Crippen molar-refractivity contribution in [2.45, 2.75) is 51.3 Å². The van der Waals surface area contributed by atoms with E-state index >= 15 is 0 Å². The Morgan fingerprint density at radius 3 is 2.35 bits per heavy atom. The van der Waals surface area contributed by atoms with E-state index in [1.54, 1.807) is 0 Å². The van der Waals surface area contributed by atoms with Gasteiger partial charge in [0.05, 0.1) is 11.8 Å². The molecule has 0 saturated carbocycles. The summed E-state index contributed by atoms with van der Waals surface area (Å²) in [7, 11) is 0. The van der Waals surface area contributed by atoms with E-state index in [1.165, 1.54) is 0 Å². The van der Waals surface area contributed by atoms with E-state index in [-0.39, 0.29) is 17.0 Å². The fourth-order valence-electron chi connectivity index (χ4n) is 3.49. The number of piperidine rings is 1. The van der Waals surface area contributed by atoms with Crippen molar-refractivity contribution in [2.24, 2.45) is 11.1 Å². The van der Waals surface area contributed by atoms with Crippen molar-refractivity contribution in [3.63, 3.8) is 0 Å². The van der Waals surface area contributed by atoms with Gasteiger partial charge in [0.15, 0.2) is 0 Å². The van der Waals surface area contributed by atoms with Crippen LogP contribution in [0.15, 0.2) is 35.5 Å². The van der Waals surface area contributed by atoms with Crippen molar-refractivity contribution in [2.75, 3.05) is 0 Å². The molecule has 0 amide bonds. The number of hydrogen-bond donors (Lipinski definition) is 3. The number of aliphatic hydroxyl groups excluding tert-OH is 1. The van der Waals surface area contributed by atoms with Gasteiger partial charge in [-0.3, -0.25) is 0 Å². The van der Waals surface area contributed by atoms with Crippen LogP contribution in [0.25, 0.3) is 0 Å². The zero-order valence-electron chi connectivity index (χ0n) is 12.6. The smallest absolute Gasteiger partial charge is 0.0889 e. The summed E-state index contributed by atoms with van der Waals surface area (Å²) in [5, 5.41) is 27.1. The van der Waals surface area contributed by atoms with Gasteiger partial charge in [-0.15, -0.1) is 0 Å². The number of nitrogens with zero attached hydrogens (tertiary/aromatic N) is 1. The Morgan fingerprint density at radius 1 is 1.20 bits per heavy atom. The van der Waals surface area contributed by atoms with Gasteiger partial charge in [0.1, 0.15) is 0 Å². The average molecular weight is 276 g/mol. The Kier molecular flexibility index (Phi) is 3.89. The van der Waals surface area contributed by atoms with E-state index in [0.29, 0.717) is 12.1 Å². The predicted molar refractivity (Wildman–Crippen MR) is 80.0 cm³/mol. The van der Waals surface area contributed by atoms with E-state index in [2.05, 4.69) is 24.3 Å². The quantitative estimate of drug-likeness (QED) is 0.575. The highest BCUT2D eigenvalue weighted by molar-refractivity contribution is 5.90. The lowest BCUT2D eigenvalue weighted by molar-refractivity contribution is 0.0629. The molecular formula is C16H24N2O2. The normalized spacial score (nSPS) is 28.2. The van der Waals surface area contributed by atoms with Gasteiger partial charge < -0.3 is 15.6 Å². The fraction of sp³-hybridized carbons (Fsp3) is 0.562. The summed E-state index contributed by atoms with van der Waals surface area (Å²) in [4.78, 5) is 0. The van der Waals surface area contributed by atoms with Gasteiger partial charge >= 0.3 is 0 Å². The molecule has 1 fully saturated rings. The van der Waals surface area contributed by atoms with Gasteiger partial charge in [-0.05, 0) is 33.3 Å². The molecule has 0 bridgehead atoms. The molecule has 20 heavy (non-hydrogen) atoms. The third-order valence-corrected chi connectivity index (χ3v) is 4.01. The molecule has 0 unspecified atom stereocenters. The number of benzene rings is 1. The topological polar surface area (TPSA) is 64.9 Å². The summed E-state index contributed by atoms with van der Waals surface area (Å²) in [5.74, 6) is -0.261. The maximum Gasteiger partial charge on any atom is 0.0889 e. The first-order chi connectivity index (χ1) is 9.27. The lowest BCUT2D eigenvalue weighted by Crippen LogP contribution is -2.64. The maximum absolute atomic E-state index is 10.7. The number of nitrogens with one attached hydrogen (secondary N) is 1. The summed E-state index contributed by atoms with van der Waals surface area (Å²) >= 11 is 0. The Morgan fingerprint density at radius 2 is 1.80 bits per heavy atom. The maximum atomic E-state index is 10.7. The highest BCUT2D eigenvalue weighted by Crippen LogP contribution is 2.39. The molecule has 1 saturated heterocycles. The minimum atomic E-state index is -0.694. The molecule has 1 aliphatic rings. The second-order valence-corrected chi connectivity index (χ2v) is 6.83. The zero-order chi connectivity index (χ0) is 15.0. The minimum absolute atomic E-state index is 0.155. The molecule has 0 aromatic heterocycles. The zero-order valence-corrected chi connectivity index (χ0v) is 12.6. The molecule has 4 heteroatoms. The van der Waals surface area contributed by atoms with Crippen LogP contribution in [0.4, 0.5) is 0 Å². The molecule has 1 aromatic rings. The van der Waals surface area contributed by atoms with Crippen LogP contribution in [0.1, 0.15) is 45.8 Å². The van der Waals surface area contributed by atoms with Crippen LogP contribution in [0.5, 0.6) is 0 Å². The summed E-state index contributed by atoms with van der Waals surface area (Å²) in [6, 6.07) is 9.53. The van der Waals surface area contributed by atoms with Crippen LogP contribution in [-0.4, -0.2) is 27.1 Å². The lowest BCUT2D eigenvalue weighted by Gasteiger charge is -2.49. The standard InChI is InChI=1S/C16H24N2O2/c1-15(2)10-12(17-20)13(16(3,4)18-15)14(19)11-8-6-5-7-9-11/h5-9,13-14,18-20H,10H2,1-4H3/t13-,14+/m1/s1. The Balaban J connectivity index is 2.38. The minimum Gasteiger partial charge on any atom is -0.411 e. The van der Waals surface area contributed by atoms with E-state index < -0.39 is 6.10 Å². The van der Waals surface area contributed by atoms with Gasteiger partial charge in [-0.25, -0.2) is 0 Å². The average Bonchev–Trinajstić information content (AvgIpc) is 2.36. The Labute approximate surface area is 120 Å². The van der Waals surface area contributed by atoms with Crippen molar-refractivity contribution < 1.29 is 10.3 Å². The highest BCUT2D eigenvalue weighted by atomic mass is 16.4. The number of aliphatic hydroxyl groups is 1. The molecule has 0 aliphatic carbocycles. The number of rotatable bonds is 2. The van der Waals surface area contributed by atoms with Crippen molar-refractivity contribution in [1.82, 2.24) is 5.32 Å². The van der Waals surface area contributed by atoms with E-state index in [0.717, 1.165) is 5.56 Å². The molecule has 1 heterocycles. The molecule has 4 nitrogen and oxygen atoms in total. The first-order valence-corrected chi connectivity index (χ1v) is 7.00. The van der Waals surface area contributed by atoms with Gasteiger partial charge in [0.25, 0.3) is 0 Å². The largest absolute Gasteiger partial charge is 0.411 e. The monoisotopic (exact) mass is 276 g/mol. The number of hydrogen-bond acceptors (Lipinski definition) is 4. The van der Waals surface area contributed by atoms with E-state index in [9.17, 15) is 10.3 Å². The van der Waals surface area contributed by atoms with Crippen LogP contribution in [0.3, 0.4) is 0 Å². The fourth-order valence-corrected chi connectivity index (χ4v) is 3.49. The first kappa shape index (κ1) is 15.0. The lowest BCUT2D eigenvalue weighted by atomic mass is 9.69. The second-order valence-electron chi connectivity index (χ2n) is 6.83. The Hall–Kier alpha value is -1.39. The third-order valence-electron chi connectivity index (χ3n) is 4.01. The molecule has 0 radical (unpaired) electrons. The summed E-state index contributed by atoms with van der Waals surface area (Å²) in [6.45, 7) is 8.22. The van der Waals surface area contributed by atoms with Crippen molar-refractivity contribution in [1.29, 1.82) is 0 Å². The van der Waals surface area contributed by atoms with Crippen LogP contribution in [-0.2, 0) is 0 Å². The van der Waals surface area contributed by atoms with Crippen LogP contribution >= 0.6 is 0 Å². The molecule has 3 N–H and O–H groups in total. The van der Waals surface area contributed by atoms with Gasteiger partial charge in [-0.2, -0.15) is 0 Å². The molecular weight excluding hydrogens is 252 g/mol. The first-order valence-electron chi connectivity index (χ1n) is 7.00. The highest BCUT2D eigenvalue weighted by Gasteiger charge is 2.47. The summed E-state index contributed by atoms with van der Waals surface area (Å²) in [6.07, 6.45) is -0.0812. The molecule has 110 valence electrons. The van der Waals surface area contributed by atoms with Crippen molar-refractivity contribution >= 4 is 5.71 Å². The van der Waals surface area contributed by atoms with E-state index in [4.69, 9.17) is 0 Å². The summed E-state index contributed by atoms with van der Waals surface area (Å²) < 4.78 is 0. The van der Waals surface area contributed by atoms with Crippen molar-refractivity contribution in [3.8, 4) is 0 Å². The van der Waals surface area contributed by atoms with Crippen molar-refractivity contribution in [3.05, 3.63) is 35.9 Å². The summed E-state index contributed by atoms with van der Waals surface area (Å²) in [5.41, 5.74) is 0.972. The van der Waals surface area contributed by atoms with Gasteiger partial charge in [0, 0.05) is 23.4 Å². The van der Waals surface area contributed by atoms with Gasteiger partial charge in [0.2, 0.25) is 0 Å². The second kappa shape index (κ2) is 5.19. The molecule has 0 spiro atoms. The number of oxime groups is 1. The van der Waals surface area contributed by atoms with Gasteiger partial charge in [-0.1, -0.05) is 35.5 Å². The molecule has 2 atom stereocenters. The van der Waals surface area contributed by atoms with Crippen LogP contribution < -0.4 is 5.32 Å². The molecule has 1 aromatic carbocycles. The molecule has 1 aliphatic heterocycles. The van der Waals surface area contributed by atoms with Crippen LogP contribution in [0.2, 0.25) is 0 Å².